The number of amides is 1. The van der Waals surface area contributed by atoms with E-state index in [0.29, 0.717) is 41.1 Å². The van der Waals surface area contributed by atoms with E-state index in [-0.39, 0.29) is 11.5 Å². The first-order valence-corrected chi connectivity index (χ1v) is 9.97. The van der Waals surface area contributed by atoms with Gasteiger partial charge in [0.1, 0.15) is 11.5 Å². The van der Waals surface area contributed by atoms with Gasteiger partial charge < -0.3 is 19.5 Å². The molecule has 0 saturated carbocycles. The van der Waals surface area contributed by atoms with E-state index in [4.69, 9.17) is 9.84 Å². The normalized spacial score (nSPS) is 16.1. The summed E-state index contributed by atoms with van der Waals surface area (Å²) in [6.07, 6.45) is -2.90. The number of hydrogen-bond donors (Lipinski definition) is 1. The molecule has 1 amide bonds. The fraction of sp³-hybridized carbons (Fsp3) is 0.304. The van der Waals surface area contributed by atoms with Crippen molar-refractivity contribution in [2.24, 2.45) is 0 Å². The van der Waals surface area contributed by atoms with E-state index in [1.165, 1.54) is 23.1 Å². The Balaban J connectivity index is 2.19. The molecule has 3 rings (SSSR count). The van der Waals surface area contributed by atoms with Crippen molar-refractivity contribution in [3.8, 4) is 22.6 Å². The number of carbonyl (C=O) groups is 2. The van der Waals surface area contributed by atoms with E-state index in [1.807, 2.05) is 6.92 Å². The maximum Gasteiger partial charge on any atom is 0.573 e. The van der Waals surface area contributed by atoms with Gasteiger partial charge in [-0.15, -0.1) is 13.2 Å². The summed E-state index contributed by atoms with van der Waals surface area (Å²) in [7, 11) is 0. The molecule has 0 bridgehead atoms. The lowest BCUT2D eigenvalue weighted by atomic mass is 9.95. The fourth-order valence-corrected chi connectivity index (χ4v) is 3.59. The molecule has 1 aliphatic heterocycles. The molecule has 0 spiro atoms. The van der Waals surface area contributed by atoms with Crippen LogP contribution in [0.15, 0.2) is 36.4 Å². The second kappa shape index (κ2) is 8.94. The zero-order valence-electron chi connectivity index (χ0n) is 17.7. The zero-order valence-corrected chi connectivity index (χ0v) is 17.7. The standard InChI is InChI=1S/C23H22F3NO5/c1-4-18-22(30)27(5-2)17-12-15(13(3)10-20(17)31-18)16-11-14(7-9-21(28)29)6-8-19(16)32-23(24,25)26/h6-12,18H,4-5H2,1-3H3,(H,28,29). The molecule has 1 N–H and O–H groups in total. The van der Waals surface area contributed by atoms with Gasteiger partial charge in [-0.2, -0.15) is 0 Å². The highest BCUT2D eigenvalue weighted by molar-refractivity contribution is 6.01. The Hall–Kier alpha value is -3.49. The number of aliphatic carboxylic acids is 1. The molecule has 2 aromatic rings. The van der Waals surface area contributed by atoms with Crippen LogP contribution in [0.4, 0.5) is 18.9 Å². The van der Waals surface area contributed by atoms with Crippen molar-refractivity contribution in [2.75, 3.05) is 11.4 Å². The predicted octanol–water partition coefficient (Wildman–Crippen LogP) is 5.18. The predicted molar refractivity (Wildman–Crippen MR) is 113 cm³/mol. The first-order chi connectivity index (χ1) is 15.0. The third-order valence-corrected chi connectivity index (χ3v) is 5.03. The van der Waals surface area contributed by atoms with Crippen LogP contribution in [-0.4, -0.2) is 36.0 Å². The van der Waals surface area contributed by atoms with Gasteiger partial charge in [0.15, 0.2) is 6.10 Å². The van der Waals surface area contributed by atoms with Crippen molar-refractivity contribution >= 4 is 23.6 Å². The van der Waals surface area contributed by atoms with Crippen LogP contribution in [0.25, 0.3) is 17.2 Å². The van der Waals surface area contributed by atoms with Gasteiger partial charge in [0.25, 0.3) is 5.91 Å². The number of carbonyl (C=O) groups excluding carboxylic acids is 1. The van der Waals surface area contributed by atoms with Crippen LogP contribution in [0.2, 0.25) is 0 Å². The Kier molecular flexibility index (Phi) is 6.47. The highest BCUT2D eigenvalue weighted by Crippen LogP contribution is 2.43. The molecule has 1 atom stereocenters. The molecule has 1 heterocycles. The number of carboxylic acid groups (broad SMARTS) is 1. The number of hydrogen-bond acceptors (Lipinski definition) is 4. The number of rotatable bonds is 6. The van der Waals surface area contributed by atoms with Crippen LogP contribution in [-0.2, 0) is 9.59 Å². The van der Waals surface area contributed by atoms with E-state index < -0.39 is 24.2 Å². The number of alkyl halides is 3. The summed E-state index contributed by atoms with van der Waals surface area (Å²) in [4.78, 5) is 25.1. The minimum atomic E-state index is -4.92. The van der Waals surface area contributed by atoms with Crippen molar-refractivity contribution < 1.29 is 37.3 Å². The van der Waals surface area contributed by atoms with E-state index in [9.17, 15) is 22.8 Å². The lowest BCUT2D eigenvalue weighted by molar-refractivity contribution is -0.274. The first kappa shape index (κ1) is 23.2. The van der Waals surface area contributed by atoms with Crippen molar-refractivity contribution in [3.63, 3.8) is 0 Å². The van der Waals surface area contributed by atoms with E-state index in [1.54, 1.807) is 26.0 Å². The Labute approximate surface area is 182 Å². The Morgan fingerprint density at radius 3 is 2.53 bits per heavy atom. The van der Waals surface area contributed by atoms with E-state index >= 15 is 0 Å². The molecule has 0 saturated heterocycles. The van der Waals surface area contributed by atoms with Crippen molar-refractivity contribution in [1.29, 1.82) is 0 Å². The number of likely N-dealkylation sites (N-methyl/N-ethyl adjacent to an activating group) is 1. The highest BCUT2D eigenvalue weighted by atomic mass is 19.4. The molecule has 170 valence electrons. The van der Waals surface area contributed by atoms with E-state index in [2.05, 4.69) is 4.74 Å². The second-order valence-electron chi connectivity index (χ2n) is 7.21. The third kappa shape index (κ3) is 4.87. The molecule has 0 aromatic heterocycles. The van der Waals surface area contributed by atoms with Gasteiger partial charge in [0.2, 0.25) is 0 Å². The summed E-state index contributed by atoms with van der Waals surface area (Å²) in [6.45, 7) is 5.71. The Bertz CT molecular complexity index is 1080. The molecule has 1 unspecified atom stereocenters. The van der Waals surface area contributed by atoms with Gasteiger partial charge in [0.05, 0.1) is 5.69 Å². The minimum Gasteiger partial charge on any atom is -0.478 e. The number of anilines is 1. The molecular weight excluding hydrogens is 427 g/mol. The number of halogens is 3. The van der Waals surface area contributed by atoms with Crippen molar-refractivity contribution in [2.45, 2.75) is 39.7 Å². The van der Waals surface area contributed by atoms with Gasteiger partial charge in [0, 0.05) is 18.2 Å². The zero-order chi connectivity index (χ0) is 23.6. The minimum absolute atomic E-state index is 0.108. The largest absolute Gasteiger partial charge is 0.573 e. The van der Waals surface area contributed by atoms with Gasteiger partial charge in [-0.1, -0.05) is 13.0 Å². The van der Waals surface area contributed by atoms with Crippen LogP contribution >= 0.6 is 0 Å². The summed E-state index contributed by atoms with van der Waals surface area (Å²) in [5.74, 6) is -1.38. The quantitative estimate of drug-likeness (QED) is 0.615. The topological polar surface area (TPSA) is 76.1 Å². The van der Waals surface area contributed by atoms with Gasteiger partial charge in [-0.3, -0.25) is 4.79 Å². The Morgan fingerprint density at radius 1 is 1.22 bits per heavy atom. The molecule has 1 aliphatic rings. The molecule has 9 heteroatoms. The molecule has 0 aliphatic carbocycles. The molecule has 32 heavy (non-hydrogen) atoms. The lowest BCUT2D eigenvalue weighted by Gasteiger charge is -2.34. The summed E-state index contributed by atoms with van der Waals surface area (Å²) in [5, 5.41) is 8.86. The van der Waals surface area contributed by atoms with Crippen LogP contribution in [0.3, 0.4) is 0 Å². The highest BCUT2D eigenvalue weighted by Gasteiger charge is 2.35. The van der Waals surface area contributed by atoms with Crippen LogP contribution in [0, 0.1) is 6.92 Å². The molecule has 0 fully saturated rings. The number of ether oxygens (including phenoxy) is 2. The first-order valence-electron chi connectivity index (χ1n) is 9.97. The number of benzene rings is 2. The maximum absolute atomic E-state index is 13.0. The fourth-order valence-electron chi connectivity index (χ4n) is 3.59. The van der Waals surface area contributed by atoms with Crippen LogP contribution < -0.4 is 14.4 Å². The number of aryl methyl sites for hydroxylation is 1. The average molecular weight is 449 g/mol. The summed E-state index contributed by atoms with van der Waals surface area (Å²) < 4.78 is 49.1. The summed E-state index contributed by atoms with van der Waals surface area (Å²) >= 11 is 0. The molecule has 2 aromatic carbocycles. The van der Waals surface area contributed by atoms with Crippen molar-refractivity contribution in [3.05, 3.63) is 47.5 Å². The van der Waals surface area contributed by atoms with Crippen molar-refractivity contribution in [1.82, 2.24) is 0 Å². The molecular formula is C23H22F3NO5. The average Bonchev–Trinajstić information content (AvgIpc) is 2.71. The van der Waals surface area contributed by atoms with Gasteiger partial charge >= 0.3 is 12.3 Å². The van der Waals surface area contributed by atoms with Crippen LogP contribution in [0.5, 0.6) is 11.5 Å². The Morgan fingerprint density at radius 2 is 1.94 bits per heavy atom. The SMILES string of the molecule is CCC1Oc2cc(C)c(-c3cc(C=CC(=O)O)ccc3OC(F)(F)F)cc2N(CC)C1=O. The van der Waals surface area contributed by atoms with Crippen LogP contribution in [0.1, 0.15) is 31.4 Å². The monoisotopic (exact) mass is 449 g/mol. The maximum atomic E-state index is 13.0. The number of nitrogens with zero attached hydrogens (tertiary/aromatic N) is 1. The smallest absolute Gasteiger partial charge is 0.478 e. The summed E-state index contributed by atoms with van der Waals surface area (Å²) in [5.41, 5.74) is 1.94. The molecule has 0 radical (unpaired) electrons. The molecule has 6 nitrogen and oxygen atoms in total. The number of fused-ring (bicyclic) bond motifs is 1. The number of carboxylic acids is 1. The second-order valence-corrected chi connectivity index (χ2v) is 7.21. The van der Waals surface area contributed by atoms with E-state index in [0.717, 1.165) is 12.1 Å². The van der Waals surface area contributed by atoms with Gasteiger partial charge in [-0.25, -0.2) is 4.79 Å². The lowest BCUT2D eigenvalue weighted by Crippen LogP contribution is -2.45. The third-order valence-electron chi connectivity index (χ3n) is 5.03. The summed E-state index contributed by atoms with van der Waals surface area (Å²) in [6, 6.07) is 7.15. The van der Waals surface area contributed by atoms with Gasteiger partial charge in [-0.05, 0) is 67.3 Å².